The Balaban J connectivity index is 1.29. The Hall–Kier alpha value is -2.86. The molecule has 140 valence electrons. The second-order valence-electron chi connectivity index (χ2n) is 7.38. The van der Waals surface area contributed by atoms with Gasteiger partial charge in [-0.3, -0.25) is 18.5 Å². The van der Waals surface area contributed by atoms with E-state index in [1.54, 1.807) is 36.2 Å². The number of carbonyl (C=O) groups is 2. The summed E-state index contributed by atoms with van der Waals surface area (Å²) in [5, 5.41) is 0. The molecule has 2 aliphatic rings. The SMILES string of the molecule is Cc1ccc(Sn2ccnc2C2CC2CN2C(=O)c3ccccc3C2=O)cc1. The van der Waals surface area contributed by atoms with E-state index in [1.165, 1.54) is 10.5 Å². The Morgan fingerprint density at radius 2 is 1.71 bits per heavy atom. The lowest BCUT2D eigenvalue weighted by Gasteiger charge is -2.13. The van der Waals surface area contributed by atoms with E-state index in [0.717, 1.165) is 17.1 Å². The largest absolute Gasteiger partial charge is 0.274 e. The molecule has 2 heterocycles. The average molecular weight is 389 g/mol. The van der Waals surface area contributed by atoms with Crippen molar-refractivity contribution in [2.45, 2.75) is 24.2 Å². The van der Waals surface area contributed by atoms with Crippen molar-refractivity contribution in [3.63, 3.8) is 0 Å². The summed E-state index contributed by atoms with van der Waals surface area (Å²) in [4.78, 5) is 32.3. The van der Waals surface area contributed by atoms with E-state index in [4.69, 9.17) is 0 Å². The molecule has 1 saturated carbocycles. The summed E-state index contributed by atoms with van der Waals surface area (Å²) < 4.78 is 2.09. The highest BCUT2D eigenvalue weighted by atomic mass is 32.2. The minimum Gasteiger partial charge on any atom is -0.274 e. The van der Waals surface area contributed by atoms with E-state index < -0.39 is 0 Å². The van der Waals surface area contributed by atoms with Gasteiger partial charge >= 0.3 is 0 Å². The number of rotatable bonds is 5. The van der Waals surface area contributed by atoms with Crippen molar-refractivity contribution in [1.29, 1.82) is 0 Å². The monoisotopic (exact) mass is 389 g/mol. The normalized spacial score (nSPS) is 20.5. The molecule has 1 aliphatic heterocycles. The highest BCUT2D eigenvalue weighted by molar-refractivity contribution is 7.97. The number of hydrogen-bond acceptors (Lipinski definition) is 4. The highest BCUT2D eigenvalue weighted by Crippen LogP contribution is 2.48. The Kier molecular flexibility index (Phi) is 4.09. The predicted molar refractivity (Wildman–Crippen MR) is 107 cm³/mol. The molecule has 6 heteroatoms. The minimum absolute atomic E-state index is 0.177. The molecule has 2 atom stereocenters. The van der Waals surface area contributed by atoms with Crippen LogP contribution < -0.4 is 0 Å². The van der Waals surface area contributed by atoms with Gasteiger partial charge in [-0.15, -0.1) is 0 Å². The Morgan fingerprint density at radius 1 is 1.04 bits per heavy atom. The Bertz CT molecular complexity index is 1040. The molecule has 2 unspecified atom stereocenters. The van der Waals surface area contributed by atoms with Crippen molar-refractivity contribution >= 4 is 23.8 Å². The van der Waals surface area contributed by atoms with Gasteiger partial charge in [-0.2, -0.15) is 0 Å². The maximum Gasteiger partial charge on any atom is 0.261 e. The molecule has 0 saturated heterocycles. The fraction of sp³-hybridized carbons (Fsp3) is 0.227. The molecule has 28 heavy (non-hydrogen) atoms. The summed E-state index contributed by atoms with van der Waals surface area (Å²) >= 11 is 1.64. The van der Waals surface area contributed by atoms with E-state index >= 15 is 0 Å². The van der Waals surface area contributed by atoms with Gasteiger partial charge < -0.3 is 0 Å². The fourth-order valence-electron chi connectivity index (χ4n) is 3.76. The number of imidazole rings is 1. The maximum atomic E-state index is 12.6. The summed E-state index contributed by atoms with van der Waals surface area (Å²) in [5.74, 6) is 1.19. The van der Waals surface area contributed by atoms with Gasteiger partial charge in [0, 0.05) is 29.8 Å². The van der Waals surface area contributed by atoms with Gasteiger partial charge in [-0.05, 0) is 55.5 Å². The third-order valence-corrected chi connectivity index (χ3v) is 6.40. The molecule has 0 bridgehead atoms. The summed E-state index contributed by atoms with van der Waals surface area (Å²) in [7, 11) is 0. The van der Waals surface area contributed by atoms with Crippen LogP contribution in [0.4, 0.5) is 0 Å². The van der Waals surface area contributed by atoms with Gasteiger partial charge in [0.15, 0.2) is 0 Å². The molecule has 2 amide bonds. The average Bonchev–Trinajstić information content (AvgIpc) is 3.25. The smallest absolute Gasteiger partial charge is 0.261 e. The number of aryl methyl sites for hydroxylation is 1. The van der Waals surface area contributed by atoms with Crippen molar-refractivity contribution < 1.29 is 9.59 Å². The van der Waals surface area contributed by atoms with Crippen LogP contribution in [0.1, 0.15) is 44.4 Å². The lowest BCUT2D eigenvalue weighted by Crippen LogP contribution is -2.32. The molecule has 5 rings (SSSR count). The quantitative estimate of drug-likeness (QED) is 0.615. The molecule has 5 nitrogen and oxygen atoms in total. The zero-order chi connectivity index (χ0) is 19.3. The molecular formula is C22H19N3O2S. The topological polar surface area (TPSA) is 55.2 Å². The predicted octanol–water partition coefficient (Wildman–Crippen LogP) is 4.15. The molecule has 3 aromatic rings. The van der Waals surface area contributed by atoms with Crippen LogP contribution in [-0.4, -0.2) is 32.2 Å². The first kappa shape index (κ1) is 17.3. The van der Waals surface area contributed by atoms with Crippen LogP contribution in [0.5, 0.6) is 0 Å². The van der Waals surface area contributed by atoms with Gasteiger partial charge in [0.25, 0.3) is 11.8 Å². The molecular weight excluding hydrogens is 370 g/mol. The van der Waals surface area contributed by atoms with Crippen LogP contribution in [0, 0.1) is 12.8 Å². The van der Waals surface area contributed by atoms with E-state index in [-0.39, 0.29) is 23.7 Å². The van der Waals surface area contributed by atoms with Crippen LogP contribution >= 0.6 is 11.9 Å². The number of aromatic nitrogens is 2. The van der Waals surface area contributed by atoms with Gasteiger partial charge in [0.05, 0.1) is 11.1 Å². The van der Waals surface area contributed by atoms with Crippen molar-refractivity contribution in [1.82, 2.24) is 13.9 Å². The fourth-order valence-corrected chi connectivity index (χ4v) is 4.63. The minimum atomic E-state index is -0.177. The number of amides is 2. The number of carbonyl (C=O) groups excluding carboxylic acids is 2. The first-order chi connectivity index (χ1) is 13.6. The van der Waals surface area contributed by atoms with Gasteiger partial charge in [0.2, 0.25) is 0 Å². The first-order valence-corrected chi connectivity index (χ1v) is 10.1. The molecule has 0 radical (unpaired) electrons. The van der Waals surface area contributed by atoms with E-state index in [2.05, 4.69) is 40.1 Å². The number of imide groups is 1. The van der Waals surface area contributed by atoms with Gasteiger partial charge in [0.1, 0.15) is 5.82 Å². The molecule has 1 aromatic heterocycles. The lowest BCUT2D eigenvalue weighted by atomic mass is 10.1. The van der Waals surface area contributed by atoms with E-state index in [0.29, 0.717) is 17.7 Å². The van der Waals surface area contributed by atoms with Crippen LogP contribution in [0.15, 0.2) is 65.8 Å². The third kappa shape index (κ3) is 2.94. The highest BCUT2D eigenvalue weighted by Gasteiger charge is 2.46. The first-order valence-electron chi connectivity index (χ1n) is 9.35. The van der Waals surface area contributed by atoms with Crippen molar-refractivity contribution in [3.05, 3.63) is 83.4 Å². The summed E-state index contributed by atoms with van der Waals surface area (Å²) in [5.41, 5.74) is 2.26. The van der Waals surface area contributed by atoms with Gasteiger partial charge in [-0.25, -0.2) is 4.98 Å². The maximum absolute atomic E-state index is 12.6. The Labute approximate surface area is 167 Å². The number of nitrogens with zero attached hydrogens (tertiary/aromatic N) is 3. The molecule has 1 aliphatic carbocycles. The lowest BCUT2D eigenvalue weighted by molar-refractivity contribution is 0.0646. The standard InChI is InChI=1S/C22H19N3O2S/c1-14-6-8-16(9-7-14)28-25-11-10-23-20(25)19-12-15(19)13-24-21(26)17-4-2-3-5-18(17)22(24)27/h2-11,15,19H,12-13H2,1H3. The zero-order valence-corrected chi connectivity index (χ0v) is 16.2. The summed E-state index contributed by atoms with van der Waals surface area (Å²) in [6.07, 6.45) is 4.73. The Morgan fingerprint density at radius 3 is 2.39 bits per heavy atom. The van der Waals surface area contributed by atoms with Crippen LogP contribution in [0.25, 0.3) is 0 Å². The van der Waals surface area contributed by atoms with Crippen molar-refractivity contribution in [2.75, 3.05) is 6.54 Å². The van der Waals surface area contributed by atoms with Crippen LogP contribution in [-0.2, 0) is 0 Å². The summed E-state index contributed by atoms with van der Waals surface area (Å²) in [6, 6.07) is 15.5. The van der Waals surface area contributed by atoms with Crippen LogP contribution in [0.2, 0.25) is 0 Å². The molecule has 2 aromatic carbocycles. The van der Waals surface area contributed by atoms with Crippen molar-refractivity contribution in [3.8, 4) is 0 Å². The van der Waals surface area contributed by atoms with E-state index in [9.17, 15) is 9.59 Å². The van der Waals surface area contributed by atoms with E-state index in [1.807, 2.05) is 12.4 Å². The summed E-state index contributed by atoms with van der Waals surface area (Å²) in [6.45, 7) is 2.53. The van der Waals surface area contributed by atoms with Gasteiger partial charge in [-0.1, -0.05) is 29.8 Å². The van der Waals surface area contributed by atoms with Crippen LogP contribution in [0.3, 0.4) is 0 Å². The molecule has 0 spiro atoms. The number of benzene rings is 2. The second kappa shape index (κ2) is 6.63. The number of hydrogen-bond donors (Lipinski definition) is 0. The molecule has 0 N–H and O–H groups in total. The second-order valence-corrected chi connectivity index (χ2v) is 8.43. The van der Waals surface area contributed by atoms with Crippen molar-refractivity contribution in [2.24, 2.45) is 5.92 Å². The third-order valence-electron chi connectivity index (χ3n) is 5.41. The zero-order valence-electron chi connectivity index (χ0n) is 15.4. The molecule has 1 fully saturated rings. The number of fused-ring (bicyclic) bond motifs is 1.